The van der Waals surface area contributed by atoms with E-state index in [2.05, 4.69) is 35.5 Å². The third kappa shape index (κ3) is 2.29. The van der Waals surface area contributed by atoms with E-state index in [-0.39, 0.29) is 0 Å². The van der Waals surface area contributed by atoms with E-state index in [1.165, 1.54) is 11.1 Å². The van der Waals surface area contributed by atoms with E-state index in [0.29, 0.717) is 0 Å². The Labute approximate surface area is 111 Å². The Balaban J connectivity index is 1.93. The topological polar surface area (TPSA) is 39.4 Å². The molecule has 4 nitrogen and oxygen atoms in total. The molecule has 96 valence electrons. The minimum absolute atomic E-state index is 0.759. The van der Waals surface area contributed by atoms with Crippen molar-refractivity contribution in [3.8, 4) is 5.75 Å². The molecular weight excluding hydrogens is 238 g/mol. The minimum atomic E-state index is 0.759. The molecule has 2 aromatic heterocycles. The molecule has 19 heavy (non-hydrogen) atoms. The van der Waals surface area contributed by atoms with Gasteiger partial charge in [-0.15, -0.1) is 10.2 Å². The maximum atomic E-state index is 5.16. The molecule has 0 aliphatic rings. The van der Waals surface area contributed by atoms with Crippen molar-refractivity contribution >= 4 is 5.65 Å². The second-order valence-electron chi connectivity index (χ2n) is 4.58. The van der Waals surface area contributed by atoms with Gasteiger partial charge in [0.1, 0.15) is 11.6 Å². The highest BCUT2D eigenvalue weighted by atomic mass is 16.5. The van der Waals surface area contributed by atoms with Crippen molar-refractivity contribution in [3.05, 3.63) is 59.5 Å². The number of hydrogen-bond acceptors (Lipinski definition) is 3. The molecule has 0 unspecified atom stereocenters. The first-order valence-electron chi connectivity index (χ1n) is 6.19. The average Bonchev–Trinajstić information content (AvgIpc) is 2.82. The number of hydrogen-bond donors (Lipinski definition) is 0. The zero-order valence-electron chi connectivity index (χ0n) is 11.0. The van der Waals surface area contributed by atoms with Crippen LogP contribution in [0, 0.1) is 6.92 Å². The van der Waals surface area contributed by atoms with Gasteiger partial charge in [0.25, 0.3) is 0 Å². The Morgan fingerprint density at radius 1 is 1.05 bits per heavy atom. The second kappa shape index (κ2) is 4.72. The van der Waals surface area contributed by atoms with Crippen LogP contribution in [0.1, 0.15) is 17.0 Å². The van der Waals surface area contributed by atoms with Crippen LogP contribution in [0.2, 0.25) is 0 Å². The maximum absolute atomic E-state index is 5.16. The van der Waals surface area contributed by atoms with E-state index in [1.807, 2.05) is 28.7 Å². The largest absolute Gasteiger partial charge is 0.497 e. The number of rotatable bonds is 3. The average molecular weight is 253 g/mol. The molecule has 0 atom stereocenters. The summed E-state index contributed by atoms with van der Waals surface area (Å²) in [5.74, 6) is 1.81. The smallest absolute Gasteiger partial charge is 0.160 e. The maximum Gasteiger partial charge on any atom is 0.160 e. The van der Waals surface area contributed by atoms with Crippen LogP contribution in [-0.2, 0) is 6.42 Å². The number of pyridine rings is 1. The summed E-state index contributed by atoms with van der Waals surface area (Å²) in [4.78, 5) is 0. The zero-order valence-corrected chi connectivity index (χ0v) is 11.0. The van der Waals surface area contributed by atoms with Crippen LogP contribution in [0.15, 0.2) is 42.6 Å². The van der Waals surface area contributed by atoms with Crippen molar-refractivity contribution in [2.24, 2.45) is 0 Å². The van der Waals surface area contributed by atoms with Crippen LogP contribution in [-0.4, -0.2) is 21.7 Å². The molecular formula is C15H15N3O. The molecule has 0 N–H and O–H groups in total. The molecule has 2 heterocycles. The third-order valence-electron chi connectivity index (χ3n) is 3.14. The molecule has 0 bridgehead atoms. The van der Waals surface area contributed by atoms with Gasteiger partial charge in [-0.3, -0.25) is 4.40 Å². The number of aromatic nitrogens is 3. The van der Waals surface area contributed by atoms with Gasteiger partial charge < -0.3 is 4.74 Å². The lowest BCUT2D eigenvalue weighted by Gasteiger charge is -2.03. The Hall–Kier alpha value is -2.36. The fraction of sp³-hybridized carbons (Fsp3) is 0.200. The predicted octanol–water partition coefficient (Wildman–Crippen LogP) is 2.64. The molecule has 0 radical (unpaired) electrons. The number of nitrogens with zero attached hydrogens (tertiary/aromatic N) is 3. The molecule has 3 rings (SSSR count). The van der Waals surface area contributed by atoms with Gasteiger partial charge in [0.15, 0.2) is 5.65 Å². The Morgan fingerprint density at radius 2 is 1.84 bits per heavy atom. The lowest BCUT2D eigenvalue weighted by Crippen LogP contribution is -1.97. The molecule has 0 fully saturated rings. The van der Waals surface area contributed by atoms with Crippen molar-refractivity contribution < 1.29 is 4.74 Å². The quantitative estimate of drug-likeness (QED) is 0.720. The highest BCUT2D eigenvalue weighted by Gasteiger charge is 2.06. The molecule has 0 spiro atoms. The SMILES string of the molecule is COc1ccc(Cc2nnc3ccc(C)cn23)cc1. The van der Waals surface area contributed by atoms with Gasteiger partial charge in [-0.25, -0.2) is 0 Å². The summed E-state index contributed by atoms with van der Waals surface area (Å²) >= 11 is 0. The van der Waals surface area contributed by atoms with Crippen molar-refractivity contribution in [2.45, 2.75) is 13.3 Å². The lowest BCUT2D eigenvalue weighted by molar-refractivity contribution is 0.414. The highest BCUT2D eigenvalue weighted by molar-refractivity contribution is 5.40. The fourth-order valence-corrected chi connectivity index (χ4v) is 2.09. The molecule has 1 aromatic carbocycles. The van der Waals surface area contributed by atoms with Crippen LogP contribution in [0.5, 0.6) is 5.75 Å². The van der Waals surface area contributed by atoms with E-state index in [9.17, 15) is 0 Å². The Morgan fingerprint density at radius 3 is 2.58 bits per heavy atom. The van der Waals surface area contributed by atoms with E-state index in [4.69, 9.17) is 4.74 Å². The summed E-state index contributed by atoms with van der Waals surface area (Å²) < 4.78 is 7.20. The molecule has 0 saturated carbocycles. The molecule has 0 aliphatic heterocycles. The van der Waals surface area contributed by atoms with E-state index < -0.39 is 0 Å². The Kier molecular flexibility index (Phi) is 2.91. The number of benzene rings is 1. The standard InChI is InChI=1S/C15H15N3O/c1-11-3-8-14-16-17-15(18(14)10-11)9-12-4-6-13(19-2)7-5-12/h3-8,10H,9H2,1-2H3. The number of ether oxygens (including phenoxy) is 1. The summed E-state index contributed by atoms with van der Waals surface area (Å²) in [7, 11) is 1.67. The molecule has 0 aliphatic carbocycles. The third-order valence-corrected chi connectivity index (χ3v) is 3.14. The lowest BCUT2D eigenvalue weighted by atomic mass is 10.1. The summed E-state index contributed by atoms with van der Waals surface area (Å²) in [6, 6.07) is 12.1. The van der Waals surface area contributed by atoms with Gasteiger partial charge in [0, 0.05) is 12.6 Å². The number of fused-ring (bicyclic) bond motifs is 1. The van der Waals surface area contributed by atoms with Gasteiger partial charge in [0.2, 0.25) is 0 Å². The van der Waals surface area contributed by atoms with Crippen LogP contribution in [0.4, 0.5) is 0 Å². The Bertz CT molecular complexity index is 701. The van der Waals surface area contributed by atoms with Crippen molar-refractivity contribution in [2.75, 3.05) is 7.11 Å². The van der Waals surface area contributed by atoms with Gasteiger partial charge in [-0.2, -0.15) is 0 Å². The molecule has 3 aromatic rings. The minimum Gasteiger partial charge on any atom is -0.497 e. The normalized spacial score (nSPS) is 10.8. The predicted molar refractivity (Wildman–Crippen MR) is 73.5 cm³/mol. The molecule has 0 amide bonds. The van der Waals surface area contributed by atoms with Crippen molar-refractivity contribution in [1.82, 2.24) is 14.6 Å². The summed E-state index contributed by atoms with van der Waals surface area (Å²) in [6.45, 7) is 2.07. The van der Waals surface area contributed by atoms with E-state index >= 15 is 0 Å². The van der Waals surface area contributed by atoms with Gasteiger partial charge in [-0.1, -0.05) is 18.2 Å². The molecule has 4 heteroatoms. The van der Waals surface area contributed by atoms with Gasteiger partial charge >= 0.3 is 0 Å². The molecule has 0 saturated heterocycles. The fourth-order valence-electron chi connectivity index (χ4n) is 2.09. The number of methoxy groups -OCH3 is 1. The van der Waals surface area contributed by atoms with Gasteiger partial charge in [0.05, 0.1) is 7.11 Å². The van der Waals surface area contributed by atoms with Crippen LogP contribution in [0.3, 0.4) is 0 Å². The summed E-state index contributed by atoms with van der Waals surface area (Å²) in [5.41, 5.74) is 3.27. The van der Waals surface area contributed by atoms with Gasteiger partial charge in [-0.05, 0) is 36.2 Å². The van der Waals surface area contributed by atoms with Crippen molar-refractivity contribution in [1.29, 1.82) is 0 Å². The zero-order chi connectivity index (χ0) is 13.2. The monoisotopic (exact) mass is 253 g/mol. The first-order valence-corrected chi connectivity index (χ1v) is 6.19. The second-order valence-corrected chi connectivity index (χ2v) is 4.58. The van der Waals surface area contributed by atoms with E-state index in [1.54, 1.807) is 7.11 Å². The van der Waals surface area contributed by atoms with Crippen LogP contribution >= 0.6 is 0 Å². The van der Waals surface area contributed by atoms with Crippen LogP contribution in [0.25, 0.3) is 5.65 Å². The van der Waals surface area contributed by atoms with Crippen molar-refractivity contribution in [3.63, 3.8) is 0 Å². The highest BCUT2D eigenvalue weighted by Crippen LogP contribution is 2.15. The summed E-state index contributed by atoms with van der Waals surface area (Å²) in [6.07, 6.45) is 2.82. The first kappa shape index (κ1) is 11.7. The number of aryl methyl sites for hydroxylation is 1. The summed E-state index contributed by atoms with van der Waals surface area (Å²) in [5, 5.41) is 8.43. The van der Waals surface area contributed by atoms with Crippen LogP contribution < -0.4 is 4.74 Å². The first-order chi connectivity index (χ1) is 9.26. The van der Waals surface area contributed by atoms with E-state index in [0.717, 1.165) is 23.6 Å².